The van der Waals surface area contributed by atoms with E-state index in [0.717, 1.165) is 12.1 Å². The summed E-state index contributed by atoms with van der Waals surface area (Å²) in [6.07, 6.45) is 0.185. The van der Waals surface area contributed by atoms with Crippen molar-refractivity contribution in [2.75, 3.05) is 6.54 Å². The monoisotopic (exact) mass is 839 g/mol. The SMILES string of the molecule is Cc1nc2cc(F)c(F)cc2c2c1O[C@]1(CC2)C[C@H]2C(=O)N[C@]3(C(=O)NS(=O)(=O)C4(C)CC4)C[C@H]3/C=C\CCCCC[C@H](NC(=O)OC(C)(C)C(F)(F)F)C(=O)N2C1. The molecule has 2 saturated carbocycles. The number of benzene rings is 1. The zero-order chi connectivity index (χ0) is 42.2. The minimum Gasteiger partial charge on any atom is -0.483 e. The molecule has 4 amide bonds. The molecule has 1 aromatic carbocycles. The van der Waals surface area contributed by atoms with E-state index in [9.17, 15) is 49.5 Å². The fourth-order valence-corrected chi connectivity index (χ4v) is 9.46. The quantitative estimate of drug-likeness (QED) is 0.266. The van der Waals surface area contributed by atoms with Crippen molar-refractivity contribution in [2.45, 2.75) is 138 Å². The molecule has 1 spiro atoms. The lowest BCUT2D eigenvalue weighted by molar-refractivity contribution is -0.244. The highest BCUT2D eigenvalue weighted by atomic mass is 32.2. The van der Waals surface area contributed by atoms with Gasteiger partial charge in [-0.05, 0) is 85.1 Å². The number of sulfonamides is 1. The van der Waals surface area contributed by atoms with Crippen molar-refractivity contribution in [1.82, 2.24) is 25.2 Å². The number of aromatic nitrogens is 1. The van der Waals surface area contributed by atoms with Crippen LogP contribution in [0.25, 0.3) is 10.9 Å². The molecule has 3 aliphatic heterocycles. The zero-order valence-corrected chi connectivity index (χ0v) is 33.3. The van der Waals surface area contributed by atoms with Crippen LogP contribution in [0.3, 0.4) is 0 Å². The Kier molecular flexibility index (Phi) is 10.3. The summed E-state index contributed by atoms with van der Waals surface area (Å²) in [7, 11) is -4.11. The summed E-state index contributed by atoms with van der Waals surface area (Å²) in [6, 6.07) is -0.816. The van der Waals surface area contributed by atoms with Gasteiger partial charge in [0.2, 0.25) is 27.4 Å². The normalized spacial score (nSPS) is 29.1. The minimum absolute atomic E-state index is 0.0195. The average Bonchev–Trinajstić information content (AvgIpc) is 4.02. The van der Waals surface area contributed by atoms with Gasteiger partial charge in [-0.25, -0.2) is 27.0 Å². The van der Waals surface area contributed by atoms with Gasteiger partial charge in [-0.3, -0.25) is 19.1 Å². The molecule has 2 aliphatic carbocycles. The summed E-state index contributed by atoms with van der Waals surface area (Å²) in [5, 5.41) is 5.39. The van der Waals surface area contributed by atoms with E-state index < -0.39 is 91.1 Å². The Morgan fingerprint density at radius 2 is 1.76 bits per heavy atom. The van der Waals surface area contributed by atoms with Gasteiger partial charge in [0.1, 0.15) is 29.0 Å². The van der Waals surface area contributed by atoms with E-state index in [-0.39, 0.29) is 49.9 Å². The Morgan fingerprint density at radius 1 is 1.05 bits per heavy atom. The molecule has 1 aromatic heterocycles. The molecule has 4 heterocycles. The highest BCUT2D eigenvalue weighted by Gasteiger charge is 2.64. The molecular formula is C39H46F5N5O8S. The molecule has 7 rings (SSSR count). The molecular weight excluding hydrogens is 794 g/mol. The average molecular weight is 840 g/mol. The third kappa shape index (κ3) is 7.58. The summed E-state index contributed by atoms with van der Waals surface area (Å²) in [5.74, 6) is -5.05. The van der Waals surface area contributed by atoms with Crippen LogP contribution in [-0.2, 0) is 35.6 Å². The van der Waals surface area contributed by atoms with Crippen molar-refractivity contribution in [3.63, 3.8) is 0 Å². The van der Waals surface area contributed by atoms with Crippen LogP contribution in [0.4, 0.5) is 26.7 Å². The van der Waals surface area contributed by atoms with Gasteiger partial charge in [0.05, 0.1) is 22.5 Å². The summed E-state index contributed by atoms with van der Waals surface area (Å²) in [6.45, 7) is 4.20. The molecule has 3 fully saturated rings. The lowest BCUT2D eigenvalue weighted by atomic mass is 9.87. The van der Waals surface area contributed by atoms with Gasteiger partial charge in [0.25, 0.3) is 5.91 Å². The molecule has 2 aromatic rings. The van der Waals surface area contributed by atoms with E-state index in [2.05, 4.69) is 20.3 Å². The minimum atomic E-state index is -4.93. The van der Waals surface area contributed by atoms with E-state index in [1.54, 1.807) is 13.0 Å². The number of hydrogen-bond acceptors (Lipinski definition) is 9. The fraction of sp³-hybridized carbons (Fsp3) is 0.615. The third-order valence-electron chi connectivity index (χ3n) is 12.3. The van der Waals surface area contributed by atoms with Crippen molar-refractivity contribution in [3.05, 3.63) is 47.2 Å². The van der Waals surface area contributed by atoms with Gasteiger partial charge < -0.3 is 25.0 Å². The number of amides is 4. The summed E-state index contributed by atoms with van der Waals surface area (Å²) in [4.78, 5) is 61.7. The second-order valence-corrected chi connectivity index (χ2v) is 19.3. The Balaban J connectivity index is 1.24. The molecule has 316 valence electrons. The molecule has 1 saturated heterocycles. The number of alkyl halides is 3. The van der Waals surface area contributed by atoms with Crippen molar-refractivity contribution in [3.8, 4) is 5.75 Å². The molecule has 5 atom stereocenters. The predicted molar refractivity (Wildman–Crippen MR) is 198 cm³/mol. The first-order valence-electron chi connectivity index (χ1n) is 19.4. The van der Waals surface area contributed by atoms with E-state index in [1.807, 2.05) is 6.08 Å². The maximum atomic E-state index is 14.6. The van der Waals surface area contributed by atoms with E-state index in [4.69, 9.17) is 9.47 Å². The molecule has 13 nitrogen and oxygen atoms in total. The van der Waals surface area contributed by atoms with Crippen LogP contribution in [0.15, 0.2) is 24.3 Å². The van der Waals surface area contributed by atoms with Crippen LogP contribution in [0, 0.1) is 24.5 Å². The fourth-order valence-electron chi connectivity index (χ4n) is 8.15. The number of hydrogen-bond donors (Lipinski definition) is 3. The number of aryl methyl sites for hydroxylation is 2. The maximum Gasteiger partial charge on any atom is 0.427 e. The number of alkyl carbamates (subject to hydrolysis) is 1. The maximum absolute atomic E-state index is 14.6. The molecule has 0 radical (unpaired) electrons. The molecule has 0 bridgehead atoms. The second kappa shape index (κ2) is 14.3. The Labute approximate surface area is 331 Å². The van der Waals surface area contributed by atoms with Gasteiger partial charge >= 0.3 is 12.3 Å². The molecule has 5 aliphatic rings. The Morgan fingerprint density at radius 3 is 2.45 bits per heavy atom. The lowest BCUT2D eigenvalue weighted by Crippen LogP contribution is -2.59. The topological polar surface area (TPSA) is 173 Å². The number of rotatable bonds is 5. The third-order valence-corrected chi connectivity index (χ3v) is 14.5. The highest BCUT2D eigenvalue weighted by Crippen LogP contribution is 2.49. The number of carbonyl (C=O) groups is 4. The van der Waals surface area contributed by atoms with Crippen LogP contribution in [-0.4, -0.2) is 88.4 Å². The number of ether oxygens (including phenoxy) is 2. The van der Waals surface area contributed by atoms with Crippen molar-refractivity contribution < 1.29 is 59.0 Å². The van der Waals surface area contributed by atoms with E-state index in [1.165, 1.54) is 11.8 Å². The summed E-state index contributed by atoms with van der Waals surface area (Å²) in [5.41, 5.74) is -4.81. The second-order valence-electron chi connectivity index (χ2n) is 17.1. The van der Waals surface area contributed by atoms with Gasteiger partial charge in [0.15, 0.2) is 11.6 Å². The van der Waals surface area contributed by atoms with Crippen LogP contribution < -0.4 is 20.1 Å². The number of nitrogens with zero attached hydrogens (tertiary/aromatic N) is 2. The summed E-state index contributed by atoms with van der Waals surface area (Å²) < 4.78 is 108. The van der Waals surface area contributed by atoms with E-state index >= 15 is 0 Å². The smallest absolute Gasteiger partial charge is 0.427 e. The lowest BCUT2D eigenvalue weighted by Gasteiger charge is -2.37. The van der Waals surface area contributed by atoms with Gasteiger partial charge in [-0.2, -0.15) is 13.2 Å². The number of halogens is 5. The van der Waals surface area contributed by atoms with Crippen molar-refractivity contribution in [1.29, 1.82) is 0 Å². The number of pyridine rings is 1. The van der Waals surface area contributed by atoms with Crippen molar-refractivity contribution in [2.24, 2.45) is 5.92 Å². The highest BCUT2D eigenvalue weighted by molar-refractivity contribution is 7.91. The first-order chi connectivity index (χ1) is 27.0. The van der Waals surface area contributed by atoms with Crippen LogP contribution in [0.2, 0.25) is 0 Å². The number of nitrogens with one attached hydrogen (secondary N) is 3. The van der Waals surface area contributed by atoms with Gasteiger partial charge in [-0.15, -0.1) is 0 Å². The Bertz CT molecular complexity index is 2210. The van der Waals surface area contributed by atoms with Crippen LogP contribution >= 0.6 is 0 Å². The van der Waals surface area contributed by atoms with Gasteiger partial charge in [0, 0.05) is 29.4 Å². The zero-order valence-electron chi connectivity index (χ0n) is 32.5. The first-order valence-corrected chi connectivity index (χ1v) is 20.9. The number of fused-ring (bicyclic) bond motifs is 5. The summed E-state index contributed by atoms with van der Waals surface area (Å²) >= 11 is 0. The molecule has 0 unspecified atom stereocenters. The predicted octanol–water partition coefficient (Wildman–Crippen LogP) is 5.32. The van der Waals surface area contributed by atoms with Crippen LogP contribution in [0.5, 0.6) is 5.75 Å². The largest absolute Gasteiger partial charge is 0.483 e. The van der Waals surface area contributed by atoms with Gasteiger partial charge in [-0.1, -0.05) is 25.0 Å². The molecule has 3 N–H and O–H groups in total. The van der Waals surface area contributed by atoms with Crippen LogP contribution in [0.1, 0.15) is 96.2 Å². The Hall–Kier alpha value is -4.55. The standard InChI is InChI=1S/C39H46F5N5O8S/c1-21-30-23(24-16-25(40)26(41)17-28(24)45-21)12-13-37(56-30)19-29-31(50)47-38(33(52)48-58(54,55)36(4)14-15-36)18-22(38)10-8-6-5-7-9-11-27(32(51)49(29)20-37)46-34(53)57-35(2,3)39(42,43)44/h8,10,16-17,22,27,29H,5-7,9,11-15,18-20H2,1-4H3,(H,46,53)(H,47,50)(H,48,52)/b10-8-/t22-,27+,29+,37-,38-/m1/s1. The number of carbonyl (C=O) groups excluding carboxylic acids is 4. The molecule has 19 heteroatoms. The first kappa shape index (κ1) is 41.6. The van der Waals surface area contributed by atoms with E-state index in [0.29, 0.717) is 69.0 Å². The van der Waals surface area contributed by atoms with Crippen molar-refractivity contribution >= 4 is 44.7 Å². The number of allylic oxidation sites excluding steroid dienone is 1. The molecule has 58 heavy (non-hydrogen) atoms.